The van der Waals surface area contributed by atoms with Crippen LogP contribution in [0.1, 0.15) is 5.56 Å². The molecule has 0 bridgehead atoms. The Kier molecular flexibility index (Phi) is 7.03. The highest BCUT2D eigenvalue weighted by Crippen LogP contribution is 2.27. The van der Waals surface area contributed by atoms with Crippen LogP contribution in [0.15, 0.2) is 43.1 Å². The van der Waals surface area contributed by atoms with Gasteiger partial charge in [0.05, 0.1) is 13.2 Å². The van der Waals surface area contributed by atoms with Crippen molar-refractivity contribution < 1.29 is 9.53 Å². The van der Waals surface area contributed by atoms with Crippen molar-refractivity contribution in [2.75, 3.05) is 50.0 Å². The fourth-order valence-electron chi connectivity index (χ4n) is 3.23. The molecular formula is C21H25N7O2S. The molecule has 4 heterocycles. The highest BCUT2D eigenvalue weighted by atomic mass is 32.1. The van der Waals surface area contributed by atoms with Crippen molar-refractivity contribution in [1.29, 1.82) is 0 Å². The van der Waals surface area contributed by atoms with Crippen LogP contribution in [0.5, 0.6) is 0 Å². The number of carbonyl (C=O) groups is 1. The van der Waals surface area contributed by atoms with Gasteiger partial charge in [-0.05, 0) is 35.9 Å². The highest BCUT2D eigenvalue weighted by molar-refractivity contribution is 7.21. The monoisotopic (exact) mass is 439 g/mol. The molecule has 0 unspecified atom stereocenters. The van der Waals surface area contributed by atoms with Crippen molar-refractivity contribution in [2.24, 2.45) is 0 Å². The molecule has 0 spiro atoms. The lowest BCUT2D eigenvalue weighted by molar-refractivity contribution is -0.116. The molecule has 1 saturated heterocycles. The molecule has 3 aromatic heterocycles. The maximum Gasteiger partial charge on any atom is 0.243 e. The van der Waals surface area contributed by atoms with E-state index in [9.17, 15) is 4.79 Å². The predicted octanol–water partition coefficient (Wildman–Crippen LogP) is 2.38. The zero-order valence-corrected chi connectivity index (χ0v) is 18.0. The minimum absolute atomic E-state index is 0.192. The Bertz CT molecular complexity index is 1020. The molecule has 0 aromatic carbocycles. The minimum atomic E-state index is -0.192. The second kappa shape index (κ2) is 10.3. The number of fused-ring (bicyclic) bond motifs is 1. The van der Waals surface area contributed by atoms with Gasteiger partial charge in [0.1, 0.15) is 22.0 Å². The Balaban J connectivity index is 1.49. The summed E-state index contributed by atoms with van der Waals surface area (Å²) >= 11 is 1.49. The normalized spacial score (nSPS) is 14.3. The second-order valence-electron chi connectivity index (χ2n) is 7.03. The lowest BCUT2D eigenvalue weighted by Gasteiger charge is -2.26. The molecule has 4 rings (SSSR count). The third-order valence-electron chi connectivity index (χ3n) is 4.71. The number of aromatic nitrogens is 3. The summed E-state index contributed by atoms with van der Waals surface area (Å²) in [5.41, 5.74) is 1.99. The Morgan fingerprint density at radius 1 is 1.23 bits per heavy atom. The van der Waals surface area contributed by atoms with E-state index >= 15 is 0 Å². The first kappa shape index (κ1) is 21.2. The summed E-state index contributed by atoms with van der Waals surface area (Å²) < 4.78 is 5.45. The fraction of sp³-hybridized carbons (Fsp3) is 0.333. The van der Waals surface area contributed by atoms with Crippen LogP contribution in [-0.4, -0.2) is 65.2 Å². The first-order valence-electron chi connectivity index (χ1n) is 10.1. The van der Waals surface area contributed by atoms with E-state index in [1.165, 1.54) is 17.4 Å². The van der Waals surface area contributed by atoms with Crippen LogP contribution in [0.2, 0.25) is 0 Å². The number of hydrogen-bond donors (Lipinski definition) is 3. The van der Waals surface area contributed by atoms with Gasteiger partial charge in [0, 0.05) is 38.9 Å². The smallest absolute Gasteiger partial charge is 0.243 e. The lowest BCUT2D eigenvalue weighted by atomic mass is 10.2. The number of amides is 1. The van der Waals surface area contributed by atoms with Crippen molar-refractivity contribution in [2.45, 2.75) is 6.54 Å². The van der Waals surface area contributed by atoms with Gasteiger partial charge in [0.15, 0.2) is 5.13 Å². The van der Waals surface area contributed by atoms with E-state index in [4.69, 9.17) is 4.74 Å². The molecule has 0 saturated carbocycles. The molecule has 0 radical (unpaired) electrons. The lowest BCUT2D eigenvalue weighted by Crippen LogP contribution is -2.35. The Hall–Kier alpha value is -3.08. The number of nitrogens with one attached hydrogen (secondary N) is 3. The van der Waals surface area contributed by atoms with E-state index in [2.05, 4.69) is 42.4 Å². The van der Waals surface area contributed by atoms with Crippen LogP contribution in [0, 0.1) is 0 Å². The predicted molar refractivity (Wildman–Crippen MR) is 123 cm³/mol. The van der Waals surface area contributed by atoms with Gasteiger partial charge in [-0.1, -0.05) is 17.9 Å². The Morgan fingerprint density at radius 3 is 2.87 bits per heavy atom. The number of ether oxygens (including phenoxy) is 1. The average Bonchev–Trinajstić information content (AvgIpc) is 3.19. The number of carbonyl (C=O) groups excluding carboxylic acids is 1. The van der Waals surface area contributed by atoms with Crippen LogP contribution < -0.4 is 16.0 Å². The van der Waals surface area contributed by atoms with Crippen LogP contribution in [0.3, 0.4) is 0 Å². The zero-order chi connectivity index (χ0) is 21.5. The van der Waals surface area contributed by atoms with E-state index < -0.39 is 0 Å². The van der Waals surface area contributed by atoms with Crippen molar-refractivity contribution in [3.63, 3.8) is 0 Å². The van der Waals surface area contributed by atoms with Gasteiger partial charge >= 0.3 is 0 Å². The molecule has 1 aliphatic heterocycles. The number of thiazole rings is 1. The van der Waals surface area contributed by atoms with Crippen LogP contribution in [-0.2, 0) is 16.1 Å². The van der Waals surface area contributed by atoms with Crippen molar-refractivity contribution in [3.05, 3.63) is 48.7 Å². The van der Waals surface area contributed by atoms with Gasteiger partial charge in [-0.3, -0.25) is 9.69 Å². The van der Waals surface area contributed by atoms with E-state index in [1.54, 1.807) is 6.20 Å². The van der Waals surface area contributed by atoms with E-state index in [-0.39, 0.29) is 5.91 Å². The molecule has 10 heteroatoms. The Labute approximate surface area is 184 Å². The van der Waals surface area contributed by atoms with Crippen LogP contribution >= 0.6 is 11.3 Å². The number of hydrogen-bond acceptors (Lipinski definition) is 9. The maximum absolute atomic E-state index is 11.3. The van der Waals surface area contributed by atoms with Crippen molar-refractivity contribution >= 4 is 44.4 Å². The standard InChI is InChI=1S/C21H25N7O2S/c1-2-19(29)23-7-6-22-17-12-15(14-28-8-10-30-11-9-28)13-18(26-17)27-21-25-16-4-3-5-24-20(16)31-21/h2-5,12-13H,1,6-11,14H2,(H,23,29)(H2,22,25,26,27). The number of pyridine rings is 2. The van der Waals surface area contributed by atoms with Gasteiger partial charge in [-0.15, -0.1) is 0 Å². The first-order chi connectivity index (χ1) is 15.2. The molecule has 31 heavy (non-hydrogen) atoms. The summed E-state index contributed by atoms with van der Waals surface area (Å²) in [5, 5.41) is 10.1. The molecular weight excluding hydrogens is 414 g/mol. The third-order valence-corrected chi connectivity index (χ3v) is 5.61. The summed E-state index contributed by atoms with van der Waals surface area (Å²) in [7, 11) is 0. The molecule has 1 aliphatic rings. The molecule has 1 amide bonds. The largest absolute Gasteiger partial charge is 0.379 e. The molecule has 162 valence electrons. The molecule has 3 aromatic rings. The quantitative estimate of drug-likeness (QED) is 0.345. The maximum atomic E-state index is 11.3. The van der Waals surface area contributed by atoms with Gasteiger partial charge in [0.2, 0.25) is 5.91 Å². The first-order valence-corrected chi connectivity index (χ1v) is 10.9. The fourth-order valence-corrected chi connectivity index (χ4v) is 4.05. The summed E-state index contributed by atoms with van der Waals surface area (Å²) in [6, 6.07) is 7.90. The zero-order valence-electron chi connectivity index (χ0n) is 17.1. The minimum Gasteiger partial charge on any atom is -0.379 e. The second-order valence-corrected chi connectivity index (χ2v) is 8.01. The van der Waals surface area contributed by atoms with E-state index in [1.807, 2.05) is 24.3 Å². The van der Waals surface area contributed by atoms with Crippen molar-refractivity contribution in [3.8, 4) is 0 Å². The molecule has 3 N–H and O–H groups in total. The van der Waals surface area contributed by atoms with Gasteiger partial charge in [-0.2, -0.15) is 0 Å². The number of rotatable bonds is 9. The molecule has 0 aliphatic carbocycles. The van der Waals surface area contributed by atoms with E-state index in [0.29, 0.717) is 18.9 Å². The highest BCUT2D eigenvalue weighted by Gasteiger charge is 2.13. The van der Waals surface area contributed by atoms with Crippen LogP contribution in [0.25, 0.3) is 10.3 Å². The van der Waals surface area contributed by atoms with Crippen LogP contribution in [0.4, 0.5) is 16.8 Å². The number of anilines is 3. The van der Waals surface area contributed by atoms with Gasteiger partial charge < -0.3 is 20.7 Å². The SMILES string of the molecule is C=CC(=O)NCCNc1cc(CN2CCOCC2)cc(Nc2nc3cccnc3s2)n1. The molecule has 0 atom stereocenters. The topological polar surface area (TPSA) is 104 Å². The van der Waals surface area contributed by atoms with Crippen molar-refractivity contribution in [1.82, 2.24) is 25.2 Å². The average molecular weight is 440 g/mol. The van der Waals surface area contributed by atoms with E-state index in [0.717, 1.165) is 59.7 Å². The summed E-state index contributed by atoms with van der Waals surface area (Å²) in [5.74, 6) is 1.26. The summed E-state index contributed by atoms with van der Waals surface area (Å²) in [6.45, 7) is 8.62. The van der Waals surface area contributed by atoms with Gasteiger partial charge in [-0.25, -0.2) is 15.0 Å². The van der Waals surface area contributed by atoms with Gasteiger partial charge in [0.25, 0.3) is 0 Å². The summed E-state index contributed by atoms with van der Waals surface area (Å²) in [6.07, 6.45) is 3.02. The number of morpholine rings is 1. The third kappa shape index (κ3) is 5.97. The summed E-state index contributed by atoms with van der Waals surface area (Å²) in [4.78, 5) is 28.2. The molecule has 9 nitrogen and oxygen atoms in total. The Morgan fingerprint density at radius 2 is 2.06 bits per heavy atom. The molecule has 1 fully saturated rings. The number of nitrogens with zero attached hydrogens (tertiary/aromatic N) is 4.